The lowest BCUT2D eigenvalue weighted by molar-refractivity contribution is -0.123. The Kier molecular flexibility index (Phi) is 2.14. The smallest absolute Gasteiger partial charge is 0.252 e. The summed E-state index contributed by atoms with van der Waals surface area (Å²) in [7, 11) is -0.253. The van der Waals surface area contributed by atoms with Crippen LogP contribution in [0.1, 0.15) is 0 Å². The molecule has 0 spiro atoms. The normalized spacial score (nSPS) is 18.6. The lowest BCUT2D eigenvalue weighted by Crippen LogP contribution is -2.23. The van der Waals surface area contributed by atoms with E-state index >= 15 is 0 Å². The van der Waals surface area contributed by atoms with Gasteiger partial charge in [-0.3, -0.25) is 14.9 Å². The molecule has 0 atom stereocenters. The molecule has 1 aliphatic rings. The van der Waals surface area contributed by atoms with Gasteiger partial charge in [-0.05, 0) is 0 Å². The first kappa shape index (κ1) is 7.38. The predicted molar refractivity (Wildman–Crippen MR) is 40.8 cm³/mol. The maximum absolute atomic E-state index is 10.7. The van der Waals surface area contributed by atoms with Crippen molar-refractivity contribution >= 4 is 32.1 Å². The first-order chi connectivity index (χ1) is 4.74. The first-order valence-corrected chi connectivity index (χ1v) is 4.89. The molecule has 0 aromatic carbocycles. The second-order valence-electron chi connectivity index (χ2n) is 1.92. The quantitative estimate of drug-likeness (QED) is 0.356. The van der Waals surface area contributed by atoms with Crippen LogP contribution in [0.2, 0.25) is 0 Å². The molecule has 6 heteroatoms. The maximum atomic E-state index is 10.7. The van der Waals surface area contributed by atoms with Gasteiger partial charge in [-0.1, -0.05) is 0 Å². The molecule has 2 amide bonds. The highest BCUT2D eigenvalue weighted by Gasteiger charge is 2.19. The molecular formula is C4H7NO3Si2. The van der Waals surface area contributed by atoms with Gasteiger partial charge >= 0.3 is 0 Å². The Hall–Kier alpha value is -0.726. The highest BCUT2D eigenvalue weighted by Crippen LogP contribution is 1.98. The predicted octanol–water partition coefficient (Wildman–Crippen LogP) is -3.09. The molecule has 1 aliphatic heterocycles. The molecule has 0 bridgehead atoms. The molecule has 0 aromatic heterocycles. The molecule has 10 heavy (non-hydrogen) atoms. The third-order valence-electron chi connectivity index (χ3n) is 1.13. The van der Waals surface area contributed by atoms with Crippen molar-refractivity contribution in [1.82, 2.24) is 5.32 Å². The molecule has 0 unspecified atom stereocenters. The third kappa shape index (κ3) is 1.41. The van der Waals surface area contributed by atoms with Gasteiger partial charge in [-0.2, -0.15) is 0 Å². The van der Waals surface area contributed by atoms with Gasteiger partial charge in [-0.25, -0.2) is 0 Å². The number of nitrogens with one attached hydrogen (secondary N) is 1. The summed E-state index contributed by atoms with van der Waals surface area (Å²) in [6.07, 6.45) is 1.33. The van der Waals surface area contributed by atoms with E-state index in [-0.39, 0.29) is 11.8 Å². The van der Waals surface area contributed by atoms with Crippen LogP contribution in [0.5, 0.6) is 0 Å². The van der Waals surface area contributed by atoms with Crippen LogP contribution in [-0.2, 0) is 13.7 Å². The van der Waals surface area contributed by atoms with Gasteiger partial charge in [0.25, 0.3) is 11.8 Å². The van der Waals surface area contributed by atoms with Gasteiger partial charge in [0.2, 0.25) is 0 Å². The third-order valence-corrected chi connectivity index (χ3v) is 3.12. The van der Waals surface area contributed by atoms with Crippen LogP contribution in [0.25, 0.3) is 0 Å². The second-order valence-corrected chi connectivity index (χ2v) is 5.28. The summed E-state index contributed by atoms with van der Waals surface area (Å²) in [6.45, 7) is 0. The summed E-state index contributed by atoms with van der Waals surface area (Å²) >= 11 is 0. The van der Waals surface area contributed by atoms with Gasteiger partial charge in [0, 0.05) is 11.3 Å². The van der Waals surface area contributed by atoms with Crippen molar-refractivity contribution in [2.45, 2.75) is 0 Å². The summed E-state index contributed by atoms with van der Waals surface area (Å²) in [5, 5.41) is 2.71. The molecule has 54 valence electrons. The van der Waals surface area contributed by atoms with E-state index in [2.05, 4.69) is 5.32 Å². The zero-order valence-electron chi connectivity index (χ0n) is 5.51. The maximum Gasteiger partial charge on any atom is 0.252 e. The molecule has 1 rings (SSSR count). The van der Waals surface area contributed by atoms with Crippen molar-refractivity contribution in [2.75, 3.05) is 0 Å². The highest BCUT2D eigenvalue weighted by molar-refractivity contribution is 6.54. The van der Waals surface area contributed by atoms with Gasteiger partial charge in [-0.15, -0.1) is 0 Å². The zero-order valence-corrected chi connectivity index (χ0v) is 8.92. The van der Waals surface area contributed by atoms with Gasteiger partial charge in [0.15, 0.2) is 9.76 Å². The fraction of sp³-hybridized carbons (Fsp3) is 0. The Morgan fingerprint density at radius 2 is 2.30 bits per heavy atom. The lowest BCUT2D eigenvalue weighted by atomic mass is 10.5. The Morgan fingerprint density at radius 1 is 1.60 bits per heavy atom. The second kappa shape index (κ2) is 2.91. The average molecular weight is 173 g/mol. The highest BCUT2D eigenvalue weighted by atomic mass is 28.3. The largest absolute Gasteiger partial charge is 0.464 e. The Morgan fingerprint density at radius 3 is 2.70 bits per heavy atom. The Labute approximate surface area is 63.1 Å². The monoisotopic (exact) mass is 173 g/mol. The number of hydrogen-bond donors (Lipinski definition) is 1. The minimum atomic E-state index is -0.891. The number of carbonyl (C=O) groups is 2. The topological polar surface area (TPSA) is 55.4 Å². The summed E-state index contributed by atoms with van der Waals surface area (Å²) < 4.78 is 4.94. The van der Waals surface area contributed by atoms with Gasteiger partial charge in [0.05, 0.1) is 0 Å². The number of hydrogen-bond acceptors (Lipinski definition) is 3. The average Bonchev–Trinajstić information content (AvgIpc) is 2.13. The number of rotatable bonds is 2. The standard InChI is InChI=1S/C4H7NO3Si2/c6-3-1-2(10-8-9)4(7)5-3/h1H,10H2,9H3,(H,5,6,7). The van der Waals surface area contributed by atoms with Crippen LogP contribution in [0, 0.1) is 0 Å². The van der Waals surface area contributed by atoms with Crippen molar-refractivity contribution in [3.63, 3.8) is 0 Å². The molecule has 0 saturated heterocycles. The molecule has 0 aliphatic carbocycles. The van der Waals surface area contributed by atoms with Crippen molar-refractivity contribution in [1.29, 1.82) is 0 Å². The molecule has 0 aromatic rings. The van der Waals surface area contributed by atoms with Crippen LogP contribution in [0.3, 0.4) is 0 Å². The van der Waals surface area contributed by atoms with Crippen LogP contribution in [-0.4, -0.2) is 32.1 Å². The summed E-state index contributed by atoms with van der Waals surface area (Å²) in [5.41, 5.74) is 0. The first-order valence-electron chi connectivity index (χ1n) is 2.79. The molecular weight excluding hydrogens is 166 g/mol. The molecule has 0 fully saturated rings. The van der Waals surface area contributed by atoms with Crippen LogP contribution >= 0.6 is 0 Å². The summed E-state index contributed by atoms with van der Waals surface area (Å²) in [5.74, 6) is -0.585. The van der Waals surface area contributed by atoms with E-state index < -0.39 is 9.76 Å². The number of imide groups is 1. The van der Waals surface area contributed by atoms with Gasteiger partial charge < -0.3 is 4.12 Å². The molecule has 4 nitrogen and oxygen atoms in total. The van der Waals surface area contributed by atoms with E-state index in [1.54, 1.807) is 0 Å². The van der Waals surface area contributed by atoms with Crippen molar-refractivity contribution in [3.8, 4) is 0 Å². The van der Waals surface area contributed by atoms with Crippen LogP contribution in [0.4, 0.5) is 0 Å². The van der Waals surface area contributed by atoms with Crippen LogP contribution in [0.15, 0.2) is 11.3 Å². The summed E-state index contributed by atoms with van der Waals surface area (Å²) in [4.78, 5) is 21.3. The Balaban J connectivity index is 2.65. The van der Waals surface area contributed by atoms with Crippen molar-refractivity contribution in [3.05, 3.63) is 11.3 Å². The fourth-order valence-electron chi connectivity index (χ4n) is 0.715. The van der Waals surface area contributed by atoms with Crippen molar-refractivity contribution in [2.24, 2.45) is 0 Å². The van der Waals surface area contributed by atoms with E-state index in [0.29, 0.717) is 15.7 Å². The van der Waals surface area contributed by atoms with E-state index in [1.807, 2.05) is 0 Å². The Bertz CT molecular complexity index is 213. The zero-order chi connectivity index (χ0) is 7.56. The summed E-state index contributed by atoms with van der Waals surface area (Å²) in [6, 6.07) is 0. The molecule has 0 radical (unpaired) electrons. The molecule has 1 N–H and O–H groups in total. The lowest BCUT2D eigenvalue weighted by Gasteiger charge is -1.94. The van der Waals surface area contributed by atoms with E-state index in [1.165, 1.54) is 6.08 Å². The van der Waals surface area contributed by atoms with E-state index in [0.717, 1.165) is 0 Å². The van der Waals surface area contributed by atoms with E-state index in [9.17, 15) is 9.59 Å². The van der Waals surface area contributed by atoms with Crippen molar-refractivity contribution < 1.29 is 13.7 Å². The molecule has 1 heterocycles. The molecule has 0 saturated carbocycles. The number of amides is 2. The SMILES string of the molecule is O=C1C=C([SiH2]O[SiH3])C(=O)N1. The van der Waals surface area contributed by atoms with Gasteiger partial charge in [0.1, 0.15) is 10.5 Å². The van der Waals surface area contributed by atoms with E-state index in [4.69, 9.17) is 4.12 Å². The minimum absolute atomic E-state index is 0.271. The van der Waals surface area contributed by atoms with Crippen LogP contribution < -0.4 is 5.32 Å². The number of carbonyl (C=O) groups excluding carboxylic acids is 2. The minimum Gasteiger partial charge on any atom is -0.464 e. The fourth-order valence-corrected chi connectivity index (χ4v) is 2.45.